The van der Waals surface area contributed by atoms with Crippen LogP contribution in [0.25, 0.3) is 0 Å². The highest BCUT2D eigenvalue weighted by Crippen LogP contribution is 2.70. The highest BCUT2D eigenvalue weighted by atomic mass is 32.2. The van der Waals surface area contributed by atoms with Crippen molar-refractivity contribution in [3.05, 3.63) is 10.8 Å². The second-order valence-corrected chi connectivity index (χ2v) is 8.29. The minimum absolute atomic E-state index is 0.0404. The molecule has 1 heterocycles. The lowest BCUT2D eigenvalue weighted by Gasteiger charge is -2.36. The maximum atomic E-state index is 12.3. The molecule has 0 amide bonds. The number of aliphatic hydroxyl groups excluding tert-OH is 1. The molecule has 3 fully saturated rings. The van der Waals surface area contributed by atoms with Crippen LogP contribution in [0.5, 0.6) is 0 Å². The zero-order chi connectivity index (χ0) is 14.1. The number of hydrogen-bond acceptors (Lipinski definition) is 4. The Morgan fingerprint density at radius 3 is 2.74 bits per heavy atom. The molecule has 0 aromatic rings. The molecule has 1 saturated heterocycles. The van der Waals surface area contributed by atoms with E-state index in [0.717, 1.165) is 23.6 Å². The second-order valence-electron chi connectivity index (χ2n) is 6.44. The van der Waals surface area contributed by atoms with Crippen LogP contribution < -0.4 is 4.85 Å². The average molecular weight is 285 g/mol. The molecule has 0 aromatic heterocycles. The Balaban J connectivity index is 2.17. The summed E-state index contributed by atoms with van der Waals surface area (Å²) in [5, 5.41) is 9.79. The third kappa shape index (κ3) is 1.30. The summed E-state index contributed by atoms with van der Waals surface area (Å²) in [5.41, 5.74) is -0.385. The van der Waals surface area contributed by atoms with E-state index in [4.69, 9.17) is 0 Å². The first-order chi connectivity index (χ1) is 8.76. The van der Waals surface area contributed by atoms with Crippen molar-refractivity contribution < 1.29 is 13.5 Å². The van der Waals surface area contributed by atoms with Crippen LogP contribution >= 0.6 is 0 Å². The highest BCUT2D eigenvalue weighted by molar-refractivity contribution is 7.89. The fraction of sp³-hybridized carbons (Fsp3) is 0.833. The van der Waals surface area contributed by atoms with E-state index in [9.17, 15) is 18.4 Å². The van der Waals surface area contributed by atoms with Crippen LogP contribution in [0.3, 0.4) is 0 Å². The van der Waals surface area contributed by atoms with E-state index >= 15 is 0 Å². The Hall–Kier alpha value is -1.29. The topological polar surface area (TPSA) is 88.8 Å². The fourth-order valence-electron chi connectivity index (χ4n) is 4.66. The van der Waals surface area contributed by atoms with Crippen molar-refractivity contribution in [3.8, 4) is 0 Å². The molecule has 1 aliphatic heterocycles. The normalized spacial score (nSPS) is 40.6. The van der Waals surface area contributed by atoms with Gasteiger partial charge in [-0.15, -0.1) is 0 Å². The summed E-state index contributed by atoms with van der Waals surface area (Å²) < 4.78 is 25.6. The first kappa shape index (κ1) is 12.7. The summed E-state index contributed by atoms with van der Waals surface area (Å²) in [4.78, 5) is 12.6. The molecule has 3 atom stereocenters. The van der Waals surface area contributed by atoms with Crippen LogP contribution in [0.2, 0.25) is 0 Å². The van der Waals surface area contributed by atoms with E-state index in [1.54, 1.807) is 0 Å². The van der Waals surface area contributed by atoms with E-state index in [1.165, 1.54) is 0 Å². The third-order valence-corrected chi connectivity index (χ3v) is 7.67. The second kappa shape index (κ2) is 3.42. The predicted molar refractivity (Wildman–Crippen MR) is 69.6 cm³/mol. The smallest absolute Gasteiger partial charge is 0.452 e. The molecule has 0 unspecified atom stereocenters. The van der Waals surface area contributed by atoms with E-state index in [-0.39, 0.29) is 22.6 Å². The third-order valence-electron chi connectivity index (χ3n) is 5.77. The van der Waals surface area contributed by atoms with Gasteiger partial charge in [0.2, 0.25) is 10.0 Å². The van der Waals surface area contributed by atoms with Gasteiger partial charge in [-0.3, -0.25) is 0 Å². The van der Waals surface area contributed by atoms with Crippen LogP contribution in [0.4, 0.5) is 0 Å². The lowest BCUT2D eigenvalue weighted by molar-refractivity contribution is 0.108. The van der Waals surface area contributed by atoms with Crippen LogP contribution in [-0.4, -0.2) is 35.5 Å². The summed E-state index contributed by atoms with van der Waals surface area (Å²) in [6, 6.07) is -0.263. The Morgan fingerprint density at radius 1 is 1.47 bits per heavy atom. The lowest BCUT2D eigenvalue weighted by atomic mass is 9.69. The molecule has 3 rings (SSSR count). The molecular weight excluding hydrogens is 268 g/mol. The van der Waals surface area contributed by atoms with Crippen LogP contribution in [-0.2, 0) is 10.0 Å². The number of hydrogen-bond donors (Lipinski definition) is 1. The fourth-order valence-corrected chi connectivity index (χ4v) is 7.14. The van der Waals surface area contributed by atoms with Crippen LogP contribution in [0.15, 0.2) is 5.88 Å². The minimum atomic E-state index is -3.60. The number of fused-ring (bicyclic) bond motifs is 1. The number of aliphatic hydroxyl groups is 1. The van der Waals surface area contributed by atoms with Gasteiger partial charge in [0.25, 0.3) is 4.85 Å². The molecule has 19 heavy (non-hydrogen) atoms. The SMILES string of the molecule is CC1(C)[C@@H]2CC[C@]13CS(=O)(=O)N(C(O)=C=[N+]=O)[C@@H]3C2. The summed E-state index contributed by atoms with van der Waals surface area (Å²) in [6.07, 6.45) is 2.62. The molecule has 104 valence electrons. The zero-order valence-electron chi connectivity index (χ0n) is 11.0. The van der Waals surface area contributed by atoms with Gasteiger partial charge in [0.1, 0.15) is 0 Å². The van der Waals surface area contributed by atoms with Crippen molar-refractivity contribution in [1.82, 2.24) is 9.16 Å². The molecule has 1 N–H and O–H groups in total. The molecule has 3 aliphatic rings. The summed E-state index contributed by atoms with van der Waals surface area (Å²) in [6.45, 7) is 4.23. The standard InChI is InChI=1S/C12H16N2O4S/c1-11(2)8-3-4-12(11)7-19(17,18)14(9(12)5-8)10(15)6-13-16/h8-9H,3-5,7H2,1-2H3/p+1/t8-,9-,12-/m1/s1. The van der Waals surface area contributed by atoms with Gasteiger partial charge in [0, 0.05) is 5.41 Å². The number of nitrogens with zero attached hydrogens (tertiary/aromatic N) is 2. The number of nitroso groups, excluding NO2 is 1. The molecule has 2 saturated carbocycles. The average Bonchev–Trinajstić information content (AvgIpc) is 2.75. The minimum Gasteiger partial charge on any atom is -0.483 e. The number of rotatable bonds is 1. The molecule has 2 bridgehead atoms. The first-order valence-corrected chi connectivity index (χ1v) is 8.03. The molecular formula is C12H17N2O4S+. The Labute approximate surface area is 111 Å². The van der Waals surface area contributed by atoms with Gasteiger partial charge in [-0.25, -0.2) is 12.7 Å². The van der Waals surface area contributed by atoms with Crippen molar-refractivity contribution in [1.29, 1.82) is 0 Å². The van der Waals surface area contributed by atoms with Gasteiger partial charge >= 0.3 is 11.8 Å². The number of sulfonamides is 1. The summed E-state index contributed by atoms with van der Waals surface area (Å²) in [5.74, 6) is 1.67. The van der Waals surface area contributed by atoms with E-state index in [0.29, 0.717) is 5.92 Å². The van der Waals surface area contributed by atoms with Gasteiger partial charge in [-0.05, 0) is 30.6 Å². The molecule has 2 aliphatic carbocycles. The Bertz CT molecular complexity index is 628. The van der Waals surface area contributed by atoms with Crippen molar-refractivity contribution in [2.24, 2.45) is 16.7 Å². The zero-order valence-corrected chi connectivity index (χ0v) is 11.8. The quantitative estimate of drug-likeness (QED) is 0.437. The largest absolute Gasteiger partial charge is 0.483 e. The monoisotopic (exact) mass is 285 g/mol. The van der Waals surface area contributed by atoms with Gasteiger partial charge in [0.15, 0.2) is 4.91 Å². The van der Waals surface area contributed by atoms with Gasteiger partial charge in [-0.2, -0.15) is 0 Å². The molecule has 0 aromatic carbocycles. The van der Waals surface area contributed by atoms with Crippen LogP contribution in [0, 0.1) is 21.7 Å². The molecule has 0 radical (unpaired) electrons. The van der Waals surface area contributed by atoms with Crippen molar-refractivity contribution in [2.75, 3.05) is 5.75 Å². The van der Waals surface area contributed by atoms with Crippen molar-refractivity contribution in [3.63, 3.8) is 0 Å². The van der Waals surface area contributed by atoms with Crippen LogP contribution in [0.1, 0.15) is 33.1 Å². The summed E-state index contributed by atoms with van der Waals surface area (Å²) in [7, 11) is -3.60. The van der Waals surface area contributed by atoms with E-state index in [2.05, 4.69) is 18.7 Å². The lowest BCUT2D eigenvalue weighted by Crippen LogP contribution is -2.41. The Kier molecular flexibility index (Phi) is 2.29. The molecule has 7 heteroatoms. The van der Waals surface area contributed by atoms with Gasteiger partial charge < -0.3 is 5.11 Å². The maximum absolute atomic E-state index is 12.3. The van der Waals surface area contributed by atoms with Crippen molar-refractivity contribution in [2.45, 2.75) is 39.2 Å². The molecule has 1 spiro atoms. The van der Waals surface area contributed by atoms with E-state index in [1.807, 2.05) is 5.87 Å². The van der Waals surface area contributed by atoms with E-state index < -0.39 is 15.9 Å². The first-order valence-electron chi connectivity index (χ1n) is 6.43. The van der Waals surface area contributed by atoms with Gasteiger partial charge in [0.05, 0.1) is 11.8 Å². The van der Waals surface area contributed by atoms with Gasteiger partial charge in [-0.1, -0.05) is 13.8 Å². The maximum Gasteiger partial charge on any atom is 0.452 e. The van der Waals surface area contributed by atoms with Crippen molar-refractivity contribution >= 4 is 15.9 Å². The summed E-state index contributed by atoms with van der Waals surface area (Å²) >= 11 is 0. The highest BCUT2D eigenvalue weighted by Gasteiger charge is 2.72. The predicted octanol–water partition coefficient (Wildman–Crippen LogP) is 0.729. The molecule has 6 nitrogen and oxygen atoms in total. The Morgan fingerprint density at radius 2 is 2.16 bits per heavy atom.